The van der Waals surface area contributed by atoms with Crippen LogP contribution in [0.3, 0.4) is 0 Å². The third-order valence-corrected chi connectivity index (χ3v) is 4.32. The van der Waals surface area contributed by atoms with E-state index >= 15 is 0 Å². The summed E-state index contributed by atoms with van der Waals surface area (Å²) in [5.74, 6) is -1.00. The van der Waals surface area contributed by atoms with E-state index in [1.54, 1.807) is 0 Å². The molecule has 0 aliphatic rings. The van der Waals surface area contributed by atoms with E-state index in [4.69, 9.17) is 81.7 Å². The van der Waals surface area contributed by atoms with Gasteiger partial charge in [-0.05, 0) is 0 Å². The van der Waals surface area contributed by atoms with E-state index in [0.29, 0.717) is 0 Å². The zero-order chi connectivity index (χ0) is 29.2. The van der Waals surface area contributed by atoms with Gasteiger partial charge in [0.05, 0.1) is 26.4 Å². The first kappa shape index (κ1) is 39.2. The van der Waals surface area contributed by atoms with Gasteiger partial charge in [0.2, 0.25) is 0 Å². The fraction of sp³-hybridized carbons (Fsp3) is 0.889. The summed E-state index contributed by atoms with van der Waals surface area (Å²) in [6.07, 6.45) is -18.5. The topological polar surface area (TPSA) is 358 Å². The molecular weight excluding hydrogens is 504 g/mol. The molecule has 0 aromatic rings. The van der Waals surface area contributed by atoms with Crippen molar-refractivity contribution in [3.63, 3.8) is 0 Å². The SMILES string of the molecule is O=C(CO)[C@@H](O)[C@H](O)[C@H](O)CO.O=C[C@H](O)[C@@H](O)[C@H](O)[C@H](O)CO.OC[C@@H](O)[C@@H](O)[C@H](O)[C@@H](O)CO. The summed E-state index contributed by atoms with van der Waals surface area (Å²) in [4.78, 5) is 20.4. The van der Waals surface area contributed by atoms with Crippen LogP contribution in [0.1, 0.15) is 0 Å². The van der Waals surface area contributed by atoms with Crippen molar-refractivity contribution in [3.05, 3.63) is 0 Å². The highest BCUT2D eigenvalue weighted by Crippen LogP contribution is 2.04. The van der Waals surface area contributed by atoms with Gasteiger partial charge in [0.15, 0.2) is 12.1 Å². The molecule has 36 heavy (non-hydrogen) atoms. The summed E-state index contributed by atoms with van der Waals surface area (Å²) >= 11 is 0. The highest BCUT2D eigenvalue weighted by molar-refractivity contribution is 5.84. The molecule has 0 amide bonds. The van der Waals surface area contributed by atoms with Crippen molar-refractivity contribution in [3.8, 4) is 0 Å². The predicted molar refractivity (Wildman–Crippen MR) is 113 cm³/mol. The molecule has 0 aromatic carbocycles. The Morgan fingerprint density at radius 2 is 0.778 bits per heavy atom. The number of ketones is 1. The first-order valence-electron chi connectivity index (χ1n) is 10.1. The second-order valence-electron chi connectivity index (χ2n) is 7.15. The molecule has 16 N–H and O–H groups in total. The quantitative estimate of drug-likeness (QED) is 0.0853. The van der Waals surface area contributed by atoms with Gasteiger partial charge in [-0.25, -0.2) is 0 Å². The summed E-state index contributed by atoms with van der Waals surface area (Å²) in [7, 11) is 0. The molecule has 0 bridgehead atoms. The molecule has 0 radical (unpaired) electrons. The third kappa shape index (κ3) is 15.1. The number of Topliss-reactive ketones (excluding diaryl/α,β-unsaturated/α-hetero) is 1. The van der Waals surface area contributed by atoms with Crippen molar-refractivity contribution in [1.82, 2.24) is 0 Å². The van der Waals surface area contributed by atoms with Crippen LogP contribution in [0, 0.1) is 0 Å². The van der Waals surface area contributed by atoms with Crippen molar-refractivity contribution in [1.29, 1.82) is 0 Å². The first-order chi connectivity index (χ1) is 16.6. The highest BCUT2D eigenvalue weighted by atomic mass is 16.4. The molecule has 0 aliphatic heterocycles. The van der Waals surface area contributed by atoms with Crippen LogP contribution in [0.25, 0.3) is 0 Å². The van der Waals surface area contributed by atoms with E-state index in [-0.39, 0.29) is 6.29 Å². The number of aliphatic hydroxyl groups is 16. The van der Waals surface area contributed by atoms with Crippen LogP contribution in [0.15, 0.2) is 0 Å². The summed E-state index contributed by atoms with van der Waals surface area (Å²) in [5, 5.41) is 139. The number of carbonyl (C=O) groups excluding carboxylic acids is 2. The zero-order valence-corrected chi connectivity index (χ0v) is 18.9. The van der Waals surface area contributed by atoms with E-state index in [2.05, 4.69) is 0 Å². The molecule has 11 atom stereocenters. The summed E-state index contributed by atoms with van der Waals surface area (Å²) < 4.78 is 0. The average molecular weight is 542 g/mol. The van der Waals surface area contributed by atoms with Crippen LogP contribution in [0.2, 0.25) is 0 Å². The molecule has 0 saturated carbocycles. The lowest BCUT2D eigenvalue weighted by Gasteiger charge is -2.24. The fourth-order valence-corrected chi connectivity index (χ4v) is 1.89. The monoisotopic (exact) mass is 542 g/mol. The lowest BCUT2D eigenvalue weighted by molar-refractivity contribution is -0.142. The number of carbonyl (C=O) groups is 2. The Morgan fingerprint density at radius 3 is 1.03 bits per heavy atom. The fourth-order valence-electron chi connectivity index (χ4n) is 1.89. The molecule has 0 aliphatic carbocycles. The van der Waals surface area contributed by atoms with Crippen molar-refractivity contribution >= 4 is 12.1 Å². The third-order valence-electron chi connectivity index (χ3n) is 4.32. The Balaban J connectivity index is -0.000000454. The minimum Gasteiger partial charge on any atom is -0.394 e. The summed E-state index contributed by atoms with van der Waals surface area (Å²) in [6, 6.07) is 0. The standard InChI is InChI=1S/C6H14O6.2C6H12O6/c3*7-1-3(9)5(11)6(12)4(10)2-8/h3-12H,1-2H2;3,5-9,11-12H,1-2H2;1,3-6,8-12H,2H2/t3-,4+,5-,6-;3-,5-,6-;3-,4+,5+,6+/m110/s1. The van der Waals surface area contributed by atoms with Crippen LogP contribution < -0.4 is 0 Å². The Labute approximate surface area is 204 Å². The van der Waals surface area contributed by atoms with Gasteiger partial charge in [-0.1, -0.05) is 0 Å². The van der Waals surface area contributed by atoms with Crippen LogP contribution >= 0.6 is 0 Å². The van der Waals surface area contributed by atoms with Crippen LogP contribution in [-0.2, 0) is 9.59 Å². The maximum absolute atomic E-state index is 10.5. The molecule has 18 nitrogen and oxygen atoms in total. The van der Waals surface area contributed by atoms with Crippen LogP contribution in [0.4, 0.5) is 0 Å². The van der Waals surface area contributed by atoms with Crippen LogP contribution in [-0.4, -0.2) is 194 Å². The van der Waals surface area contributed by atoms with Gasteiger partial charge in [0.1, 0.15) is 73.8 Å². The van der Waals surface area contributed by atoms with Crippen molar-refractivity contribution in [2.45, 2.75) is 67.1 Å². The van der Waals surface area contributed by atoms with E-state index in [0.717, 1.165) is 0 Å². The number of rotatable bonds is 15. The van der Waals surface area contributed by atoms with Gasteiger partial charge in [0.25, 0.3) is 0 Å². The summed E-state index contributed by atoms with van der Waals surface area (Å²) in [5.41, 5.74) is 0. The minimum absolute atomic E-state index is 0.0258. The minimum atomic E-state index is -1.86. The molecule has 0 rings (SSSR count). The maximum atomic E-state index is 10.5. The molecule has 218 valence electrons. The smallest absolute Gasteiger partial charge is 0.189 e. The number of aldehydes is 1. The Kier molecular flexibility index (Phi) is 23.7. The van der Waals surface area contributed by atoms with Crippen LogP contribution in [0.5, 0.6) is 0 Å². The second-order valence-corrected chi connectivity index (χ2v) is 7.15. The van der Waals surface area contributed by atoms with Gasteiger partial charge < -0.3 is 86.5 Å². The molecule has 0 spiro atoms. The number of aliphatic hydroxyl groups excluding tert-OH is 16. The Morgan fingerprint density at radius 1 is 0.500 bits per heavy atom. The van der Waals surface area contributed by atoms with Gasteiger partial charge in [-0.2, -0.15) is 0 Å². The normalized spacial score (nSPS) is 20.3. The van der Waals surface area contributed by atoms with Gasteiger partial charge in [-0.15, -0.1) is 0 Å². The molecule has 0 unspecified atom stereocenters. The number of hydrogen-bond donors (Lipinski definition) is 16. The zero-order valence-electron chi connectivity index (χ0n) is 18.9. The molecule has 0 heterocycles. The highest BCUT2D eigenvalue weighted by Gasteiger charge is 2.30. The largest absolute Gasteiger partial charge is 0.394 e. The molecule has 0 saturated heterocycles. The lowest BCUT2D eigenvalue weighted by Crippen LogP contribution is -2.46. The van der Waals surface area contributed by atoms with Crippen molar-refractivity contribution in [2.75, 3.05) is 33.0 Å². The molecular formula is C18H38O18. The Bertz CT molecular complexity index is 538. The van der Waals surface area contributed by atoms with Gasteiger partial charge in [0, 0.05) is 0 Å². The van der Waals surface area contributed by atoms with Crippen molar-refractivity contribution < 1.29 is 91.3 Å². The second kappa shape index (κ2) is 21.8. The van der Waals surface area contributed by atoms with Gasteiger partial charge >= 0.3 is 0 Å². The first-order valence-corrected chi connectivity index (χ1v) is 10.1. The predicted octanol–water partition coefficient (Wildman–Crippen LogP) is -10.3. The van der Waals surface area contributed by atoms with Gasteiger partial charge in [-0.3, -0.25) is 4.79 Å². The molecule has 0 aromatic heterocycles. The van der Waals surface area contributed by atoms with Crippen molar-refractivity contribution in [2.24, 2.45) is 0 Å². The number of hydrogen-bond acceptors (Lipinski definition) is 18. The van der Waals surface area contributed by atoms with E-state index in [1.165, 1.54) is 0 Å². The van der Waals surface area contributed by atoms with E-state index in [1.807, 2.05) is 0 Å². The molecule has 0 fully saturated rings. The Hall–Kier alpha value is -1.30. The maximum Gasteiger partial charge on any atom is 0.189 e. The average Bonchev–Trinajstić information content (AvgIpc) is 2.92. The van der Waals surface area contributed by atoms with E-state index < -0.39 is 106 Å². The summed E-state index contributed by atoms with van der Waals surface area (Å²) in [6.45, 7) is -3.90. The molecule has 18 heteroatoms. The lowest BCUT2D eigenvalue weighted by atomic mass is 10.0. The van der Waals surface area contributed by atoms with E-state index in [9.17, 15) is 9.59 Å².